The molecule has 1 aromatic rings. The van der Waals surface area contributed by atoms with Crippen LogP contribution in [-0.2, 0) is 20.8 Å². The van der Waals surface area contributed by atoms with E-state index in [1.807, 2.05) is 0 Å². The monoisotopic (exact) mass is 320 g/mol. The van der Waals surface area contributed by atoms with Gasteiger partial charge in [0, 0.05) is 5.69 Å². The van der Waals surface area contributed by atoms with Crippen LogP contribution in [0.2, 0.25) is 0 Å². The molecule has 0 unspecified atom stereocenters. The van der Waals surface area contributed by atoms with E-state index in [2.05, 4.69) is 10.1 Å². The molecule has 2 rings (SSSR count). The third-order valence-electron chi connectivity index (χ3n) is 3.15. The Kier molecular flexibility index (Phi) is 4.58. The van der Waals surface area contributed by atoms with Gasteiger partial charge in [-0.25, -0.2) is 9.59 Å². The first-order valence-corrected chi connectivity index (χ1v) is 7.18. The number of carbonyl (C=O) groups is 3. The molecule has 1 aromatic carbocycles. The molecule has 0 saturated carbocycles. The van der Waals surface area contributed by atoms with Crippen LogP contribution in [0.3, 0.4) is 0 Å². The highest BCUT2D eigenvalue weighted by molar-refractivity contribution is 5.98. The van der Waals surface area contributed by atoms with Crippen molar-refractivity contribution >= 4 is 23.7 Å². The van der Waals surface area contributed by atoms with E-state index in [9.17, 15) is 14.4 Å². The Morgan fingerprint density at radius 1 is 1.22 bits per heavy atom. The Morgan fingerprint density at radius 3 is 2.52 bits per heavy atom. The Hall–Kier alpha value is -2.57. The maximum Gasteiger partial charge on any atom is 0.411 e. The first-order valence-electron chi connectivity index (χ1n) is 7.18. The molecule has 1 aliphatic heterocycles. The molecule has 0 aromatic heterocycles. The smallest absolute Gasteiger partial charge is 0.411 e. The summed E-state index contributed by atoms with van der Waals surface area (Å²) in [5.74, 6) is -0.841. The van der Waals surface area contributed by atoms with E-state index in [0.29, 0.717) is 11.3 Å². The van der Waals surface area contributed by atoms with Crippen molar-refractivity contribution in [3.8, 4) is 0 Å². The molecule has 1 heterocycles. The summed E-state index contributed by atoms with van der Waals surface area (Å²) in [6, 6.07) is 4.82. The van der Waals surface area contributed by atoms with E-state index in [0.717, 1.165) is 5.56 Å². The van der Waals surface area contributed by atoms with Gasteiger partial charge in [0.2, 0.25) is 5.91 Å². The molecule has 2 amide bonds. The number of hydrogen-bond donors (Lipinski definition) is 1. The van der Waals surface area contributed by atoms with Crippen molar-refractivity contribution in [3.63, 3.8) is 0 Å². The lowest BCUT2D eigenvalue weighted by molar-refractivity contribution is -0.117. The van der Waals surface area contributed by atoms with Gasteiger partial charge >= 0.3 is 12.1 Å². The maximum atomic E-state index is 12.2. The molecule has 0 saturated heterocycles. The number of rotatable bonds is 1. The first kappa shape index (κ1) is 16.8. The number of nitrogens with one attached hydrogen (secondary N) is 1. The second-order valence-corrected chi connectivity index (χ2v) is 6.25. The van der Waals surface area contributed by atoms with E-state index in [1.54, 1.807) is 32.9 Å². The van der Waals surface area contributed by atoms with Crippen molar-refractivity contribution in [2.24, 2.45) is 0 Å². The average molecular weight is 320 g/mol. The largest absolute Gasteiger partial charge is 0.465 e. The van der Waals surface area contributed by atoms with Gasteiger partial charge in [-0.15, -0.1) is 0 Å². The molecule has 1 N–H and O–H groups in total. The second-order valence-electron chi connectivity index (χ2n) is 6.25. The SMILES string of the molecule is COC(=O)c1ccc2c(c1)NC(=O)CN(C(=O)OC(C)(C)C)C2. The molecule has 23 heavy (non-hydrogen) atoms. The number of benzene rings is 1. The van der Waals surface area contributed by atoms with E-state index in [4.69, 9.17) is 4.74 Å². The van der Waals surface area contributed by atoms with Gasteiger partial charge < -0.3 is 14.8 Å². The molecule has 7 nitrogen and oxygen atoms in total. The number of ether oxygens (including phenoxy) is 2. The molecule has 7 heteroatoms. The fourth-order valence-electron chi connectivity index (χ4n) is 2.16. The summed E-state index contributed by atoms with van der Waals surface area (Å²) in [5, 5.41) is 2.69. The minimum absolute atomic E-state index is 0.114. The number of carbonyl (C=O) groups excluding carboxylic acids is 3. The zero-order valence-corrected chi connectivity index (χ0v) is 13.6. The zero-order valence-electron chi connectivity index (χ0n) is 13.6. The van der Waals surface area contributed by atoms with Gasteiger partial charge in [-0.1, -0.05) is 6.07 Å². The lowest BCUT2D eigenvalue weighted by Gasteiger charge is -2.25. The standard InChI is InChI=1S/C16H20N2O5/c1-16(2,3)23-15(21)18-8-11-6-5-10(14(20)22-4)7-12(11)17-13(19)9-18/h5-7H,8-9H2,1-4H3,(H,17,19). The van der Waals surface area contributed by atoms with E-state index in [-0.39, 0.29) is 19.0 Å². The molecule has 1 aliphatic rings. The summed E-state index contributed by atoms with van der Waals surface area (Å²) in [4.78, 5) is 37.1. The lowest BCUT2D eigenvalue weighted by Crippen LogP contribution is -2.39. The molecule has 0 radical (unpaired) electrons. The van der Waals surface area contributed by atoms with Gasteiger partial charge in [0.15, 0.2) is 0 Å². The number of esters is 1. The Bertz CT molecular complexity index is 648. The maximum absolute atomic E-state index is 12.2. The van der Waals surface area contributed by atoms with E-state index >= 15 is 0 Å². The topological polar surface area (TPSA) is 84.9 Å². The normalized spacial score (nSPS) is 14.4. The van der Waals surface area contributed by atoms with Crippen LogP contribution in [0.4, 0.5) is 10.5 Å². The first-order chi connectivity index (χ1) is 10.7. The molecule has 0 aliphatic carbocycles. The highest BCUT2D eigenvalue weighted by atomic mass is 16.6. The van der Waals surface area contributed by atoms with Gasteiger partial charge in [0.05, 0.1) is 19.2 Å². The van der Waals surface area contributed by atoms with Gasteiger partial charge in [-0.2, -0.15) is 0 Å². The summed E-state index contributed by atoms with van der Waals surface area (Å²) in [6.45, 7) is 5.39. The fraction of sp³-hybridized carbons (Fsp3) is 0.438. The minimum Gasteiger partial charge on any atom is -0.465 e. The van der Waals surface area contributed by atoms with Gasteiger partial charge in [0.1, 0.15) is 12.1 Å². The summed E-state index contributed by atoms with van der Waals surface area (Å²) < 4.78 is 9.97. The van der Waals surface area contributed by atoms with Gasteiger partial charge in [-0.3, -0.25) is 9.69 Å². The van der Waals surface area contributed by atoms with Crippen molar-refractivity contribution in [1.29, 1.82) is 0 Å². The highest BCUT2D eigenvalue weighted by Crippen LogP contribution is 2.24. The van der Waals surface area contributed by atoms with Crippen molar-refractivity contribution in [2.75, 3.05) is 19.0 Å². The van der Waals surface area contributed by atoms with E-state index in [1.165, 1.54) is 18.1 Å². The van der Waals surface area contributed by atoms with Crippen molar-refractivity contribution in [2.45, 2.75) is 32.9 Å². The zero-order chi connectivity index (χ0) is 17.2. The summed E-state index contributed by atoms with van der Waals surface area (Å²) in [6.07, 6.45) is -0.558. The Balaban J connectivity index is 2.26. The van der Waals surface area contributed by atoms with Crippen LogP contribution in [0.5, 0.6) is 0 Å². The number of amides is 2. The highest BCUT2D eigenvalue weighted by Gasteiger charge is 2.27. The number of nitrogens with zero attached hydrogens (tertiary/aromatic N) is 1. The van der Waals surface area contributed by atoms with Crippen LogP contribution in [0.25, 0.3) is 0 Å². The van der Waals surface area contributed by atoms with Crippen LogP contribution >= 0.6 is 0 Å². The number of hydrogen-bond acceptors (Lipinski definition) is 5. The summed E-state index contributed by atoms with van der Waals surface area (Å²) in [7, 11) is 1.29. The lowest BCUT2D eigenvalue weighted by atomic mass is 10.1. The predicted molar refractivity (Wildman–Crippen MR) is 83.1 cm³/mol. The second kappa shape index (κ2) is 6.28. The van der Waals surface area contributed by atoms with Crippen LogP contribution in [0.15, 0.2) is 18.2 Å². The molecular weight excluding hydrogens is 300 g/mol. The van der Waals surface area contributed by atoms with Crippen LogP contribution in [0, 0.1) is 0 Å². The van der Waals surface area contributed by atoms with Crippen LogP contribution in [0.1, 0.15) is 36.7 Å². The summed E-state index contributed by atoms with van der Waals surface area (Å²) >= 11 is 0. The van der Waals surface area contributed by atoms with E-state index < -0.39 is 17.7 Å². The quantitative estimate of drug-likeness (QED) is 0.802. The Labute approximate surface area is 134 Å². The molecule has 0 spiro atoms. The molecule has 124 valence electrons. The molecule has 0 bridgehead atoms. The number of fused-ring (bicyclic) bond motifs is 1. The fourth-order valence-corrected chi connectivity index (χ4v) is 2.16. The number of methoxy groups -OCH3 is 1. The van der Waals surface area contributed by atoms with Crippen LogP contribution in [-0.4, -0.2) is 42.1 Å². The summed E-state index contributed by atoms with van der Waals surface area (Å²) in [5.41, 5.74) is 0.896. The third-order valence-corrected chi connectivity index (χ3v) is 3.15. The molecular formula is C16H20N2O5. The predicted octanol–water partition coefficient (Wildman–Crippen LogP) is 2.16. The number of anilines is 1. The molecule has 0 fully saturated rings. The molecule has 0 atom stereocenters. The van der Waals surface area contributed by atoms with Gasteiger partial charge in [0.25, 0.3) is 0 Å². The van der Waals surface area contributed by atoms with Crippen molar-refractivity contribution in [1.82, 2.24) is 4.90 Å². The Morgan fingerprint density at radius 2 is 1.91 bits per heavy atom. The van der Waals surface area contributed by atoms with Crippen molar-refractivity contribution < 1.29 is 23.9 Å². The van der Waals surface area contributed by atoms with Crippen molar-refractivity contribution in [3.05, 3.63) is 29.3 Å². The third kappa shape index (κ3) is 4.21. The van der Waals surface area contributed by atoms with Crippen LogP contribution < -0.4 is 5.32 Å². The minimum atomic E-state index is -0.641. The average Bonchev–Trinajstić information content (AvgIpc) is 2.61. The van der Waals surface area contributed by atoms with Gasteiger partial charge in [-0.05, 0) is 38.5 Å².